The zero-order valence-electron chi connectivity index (χ0n) is 30.1. The zero-order valence-corrected chi connectivity index (χ0v) is 32.4. The molecule has 0 heterocycles. The fourth-order valence-corrected chi connectivity index (χ4v) is 6.46. The lowest BCUT2D eigenvalue weighted by Gasteiger charge is -2.28. The van der Waals surface area contributed by atoms with Crippen molar-refractivity contribution in [2.24, 2.45) is 11.8 Å². The van der Waals surface area contributed by atoms with Crippen molar-refractivity contribution in [1.29, 1.82) is 0 Å². The molecule has 1 saturated carbocycles. The molecule has 1 fully saturated rings. The molecule has 2 amide bonds. The van der Waals surface area contributed by atoms with E-state index in [9.17, 15) is 19.2 Å². The Morgan fingerprint density at radius 1 is 0.863 bits per heavy atom. The summed E-state index contributed by atoms with van der Waals surface area (Å²) in [4.78, 5) is 51.1. The van der Waals surface area contributed by atoms with Crippen molar-refractivity contribution in [2.45, 2.75) is 116 Å². The van der Waals surface area contributed by atoms with Gasteiger partial charge in [-0.15, -0.1) is 0 Å². The van der Waals surface area contributed by atoms with Crippen LogP contribution in [0.5, 0.6) is 5.75 Å². The number of unbranched alkanes of at least 4 members (excludes halogenated alkanes) is 7. The molecule has 0 aromatic heterocycles. The largest absolute Gasteiger partial charge is 1.00 e. The Hall–Kier alpha value is -3.15. The molecule has 1 aliphatic rings. The van der Waals surface area contributed by atoms with E-state index in [-0.39, 0.29) is 55.1 Å². The maximum absolute atomic E-state index is 13.4. The molecular formula is C39H57BrClN3O7. The van der Waals surface area contributed by atoms with Crippen LogP contribution >= 0.6 is 15.9 Å². The minimum atomic E-state index is -0.823. The standard InChI is InChI=1S/C39H56BrN3O7.ClH/c1-2-3-4-5-6-12-25-48-38(46)31-20-16-30(17-21-31)27-42-37(45)35(43-36(44)15-8-7-11-24-41)26-29-18-22-33(23-19-29)50-39(47)49-28-32-13-9-10-14-34(32)40;/h9-10,13-14,18-19,22-23,30-31,35H,2-8,11-12,15-17,20-21,24-28,41H2,1H3,(H,42,45)(H,43,44);1H/t30?,31?,35-;/m0./s1. The van der Waals surface area contributed by atoms with E-state index < -0.39 is 12.2 Å². The summed E-state index contributed by atoms with van der Waals surface area (Å²) in [5.41, 5.74) is 5.47. The summed E-state index contributed by atoms with van der Waals surface area (Å²) in [6.45, 7) is 4.09. The summed E-state index contributed by atoms with van der Waals surface area (Å²) in [5, 5.41) is 6.00. The van der Waals surface area contributed by atoms with Gasteiger partial charge in [0, 0.05) is 29.4 Å². The third-order valence-electron chi connectivity index (χ3n) is 9.16. The predicted octanol–water partition coefficient (Wildman–Crippen LogP) is 3.82. The SMILES string of the molecule is CCCCCCCCOC(=O)C1CCC(CNC(=O)[C@H](Cc2ccc(OC(=O)OCc3ccccc3Br)cc2)NC(=O)CCCCC[NH3+])CC1.[Cl-]. The average Bonchev–Trinajstić information content (AvgIpc) is 3.12. The van der Waals surface area contributed by atoms with Gasteiger partial charge in [0.1, 0.15) is 18.4 Å². The summed E-state index contributed by atoms with van der Waals surface area (Å²) < 4.78 is 17.0. The van der Waals surface area contributed by atoms with Gasteiger partial charge in [0.05, 0.1) is 19.1 Å². The van der Waals surface area contributed by atoms with Crippen LogP contribution in [0.4, 0.5) is 4.79 Å². The van der Waals surface area contributed by atoms with E-state index in [0.717, 1.165) is 79.9 Å². The van der Waals surface area contributed by atoms with Crippen LogP contribution in [0.25, 0.3) is 0 Å². The second kappa shape index (κ2) is 25.7. The molecule has 0 radical (unpaired) electrons. The molecule has 10 nitrogen and oxygen atoms in total. The van der Waals surface area contributed by atoms with Crippen LogP contribution < -0.4 is 33.5 Å². The monoisotopic (exact) mass is 793 g/mol. The van der Waals surface area contributed by atoms with Crippen LogP contribution in [0.3, 0.4) is 0 Å². The van der Waals surface area contributed by atoms with E-state index >= 15 is 0 Å². The van der Waals surface area contributed by atoms with Gasteiger partial charge in [0.2, 0.25) is 11.8 Å². The van der Waals surface area contributed by atoms with Gasteiger partial charge in [0.25, 0.3) is 0 Å². The number of nitrogens with one attached hydrogen (secondary N) is 2. The number of hydrogen-bond acceptors (Lipinski definition) is 7. The molecule has 0 saturated heterocycles. The lowest BCUT2D eigenvalue weighted by atomic mass is 9.82. The van der Waals surface area contributed by atoms with Gasteiger partial charge in [-0.25, -0.2) is 4.79 Å². The third kappa shape index (κ3) is 17.8. The Labute approximate surface area is 318 Å². The Balaban J connectivity index is 0.00000901. The van der Waals surface area contributed by atoms with E-state index in [1.807, 2.05) is 24.3 Å². The smallest absolute Gasteiger partial charge is 0.514 e. The molecule has 0 spiro atoms. The molecule has 51 heavy (non-hydrogen) atoms. The number of carbonyl (C=O) groups is 4. The van der Waals surface area contributed by atoms with Crippen molar-refractivity contribution in [2.75, 3.05) is 19.7 Å². The first-order valence-electron chi connectivity index (χ1n) is 18.5. The van der Waals surface area contributed by atoms with Gasteiger partial charge >= 0.3 is 12.1 Å². The van der Waals surface area contributed by atoms with Gasteiger partial charge in [-0.3, -0.25) is 14.4 Å². The van der Waals surface area contributed by atoms with Crippen molar-refractivity contribution in [3.05, 3.63) is 64.1 Å². The molecular weight excluding hydrogens is 738 g/mol. The number of carbonyl (C=O) groups excluding carboxylic acids is 4. The van der Waals surface area contributed by atoms with Crippen molar-refractivity contribution >= 4 is 39.9 Å². The highest BCUT2D eigenvalue weighted by atomic mass is 79.9. The Morgan fingerprint density at radius 2 is 1.55 bits per heavy atom. The molecule has 0 aliphatic heterocycles. The minimum absolute atomic E-state index is 0. The Bertz CT molecular complexity index is 1320. The normalized spacial score (nSPS) is 15.9. The van der Waals surface area contributed by atoms with Gasteiger partial charge in [-0.05, 0) is 81.0 Å². The quantitative estimate of drug-likeness (QED) is 0.0934. The fraction of sp³-hybridized carbons (Fsp3) is 0.590. The molecule has 284 valence electrons. The molecule has 2 aromatic carbocycles. The fourth-order valence-electron chi connectivity index (χ4n) is 6.07. The molecule has 0 unspecified atom stereocenters. The van der Waals surface area contributed by atoms with E-state index in [1.165, 1.54) is 25.7 Å². The van der Waals surface area contributed by atoms with Crippen molar-refractivity contribution in [3.63, 3.8) is 0 Å². The number of rotatable bonds is 22. The maximum Gasteiger partial charge on any atom is 0.514 e. The first-order chi connectivity index (χ1) is 24.3. The summed E-state index contributed by atoms with van der Waals surface area (Å²) in [6, 6.07) is 13.5. The summed E-state index contributed by atoms with van der Waals surface area (Å²) in [6.07, 6.45) is 12.5. The van der Waals surface area contributed by atoms with Crippen LogP contribution in [0.2, 0.25) is 0 Å². The number of hydrogen-bond donors (Lipinski definition) is 3. The highest BCUT2D eigenvalue weighted by molar-refractivity contribution is 9.10. The van der Waals surface area contributed by atoms with Crippen molar-refractivity contribution < 1.29 is 51.5 Å². The van der Waals surface area contributed by atoms with E-state index in [1.54, 1.807) is 24.3 Å². The first-order valence-corrected chi connectivity index (χ1v) is 19.3. The molecule has 0 bridgehead atoms. The molecule has 2 aromatic rings. The van der Waals surface area contributed by atoms with Crippen LogP contribution in [0.15, 0.2) is 53.0 Å². The summed E-state index contributed by atoms with van der Waals surface area (Å²) in [5.74, 6) is 0.00246. The number of amides is 2. The second-order valence-electron chi connectivity index (χ2n) is 13.3. The number of ether oxygens (including phenoxy) is 3. The predicted molar refractivity (Wildman–Crippen MR) is 196 cm³/mol. The summed E-state index contributed by atoms with van der Waals surface area (Å²) in [7, 11) is 0. The van der Waals surface area contributed by atoms with Crippen LogP contribution in [-0.2, 0) is 36.9 Å². The lowest BCUT2D eigenvalue weighted by molar-refractivity contribution is -0.368. The van der Waals surface area contributed by atoms with Gasteiger partial charge in [0.15, 0.2) is 0 Å². The van der Waals surface area contributed by atoms with E-state index in [4.69, 9.17) is 14.2 Å². The maximum atomic E-state index is 13.4. The highest BCUT2D eigenvalue weighted by Crippen LogP contribution is 2.29. The topological polar surface area (TPSA) is 148 Å². The summed E-state index contributed by atoms with van der Waals surface area (Å²) >= 11 is 3.43. The Kier molecular flexibility index (Phi) is 22.2. The number of esters is 1. The van der Waals surface area contributed by atoms with Gasteiger partial charge in [-0.1, -0.05) is 85.3 Å². The Morgan fingerprint density at radius 3 is 2.25 bits per heavy atom. The molecule has 12 heteroatoms. The average molecular weight is 795 g/mol. The molecule has 1 aliphatic carbocycles. The lowest BCUT2D eigenvalue weighted by Crippen LogP contribution is -3.00. The second-order valence-corrected chi connectivity index (χ2v) is 14.1. The number of quaternary nitrogens is 1. The number of halogens is 2. The van der Waals surface area contributed by atoms with Crippen LogP contribution in [0, 0.1) is 11.8 Å². The number of benzene rings is 2. The highest BCUT2D eigenvalue weighted by Gasteiger charge is 2.29. The van der Waals surface area contributed by atoms with Gasteiger partial charge in [-0.2, -0.15) is 0 Å². The van der Waals surface area contributed by atoms with Crippen LogP contribution in [0.1, 0.15) is 108 Å². The molecule has 5 N–H and O–H groups in total. The third-order valence-corrected chi connectivity index (χ3v) is 9.93. The molecule has 1 atom stereocenters. The van der Waals surface area contributed by atoms with Gasteiger partial charge < -0.3 is 43.0 Å². The van der Waals surface area contributed by atoms with E-state index in [0.29, 0.717) is 25.3 Å². The molecule has 3 rings (SSSR count). The van der Waals surface area contributed by atoms with Crippen LogP contribution in [-0.4, -0.2) is 49.7 Å². The minimum Gasteiger partial charge on any atom is -1.00 e. The zero-order chi connectivity index (χ0) is 36.0. The van der Waals surface area contributed by atoms with Crippen molar-refractivity contribution in [1.82, 2.24) is 10.6 Å². The van der Waals surface area contributed by atoms with Crippen molar-refractivity contribution in [3.8, 4) is 5.75 Å². The van der Waals surface area contributed by atoms with E-state index in [2.05, 4.69) is 39.2 Å². The first kappa shape index (κ1) is 44.0.